The van der Waals surface area contributed by atoms with Crippen LogP contribution in [0.25, 0.3) is 0 Å². The topological polar surface area (TPSA) is 32.3 Å². The molecule has 20 heavy (non-hydrogen) atoms. The largest absolute Gasteiger partial charge is 0.347 e. The highest BCUT2D eigenvalue weighted by Crippen LogP contribution is 2.23. The lowest BCUT2D eigenvalue weighted by Crippen LogP contribution is -2.43. The zero-order chi connectivity index (χ0) is 14.8. The van der Waals surface area contributed by atoms with Crippen molar-refractivity contribution in [2.75, 3.05) is 13.6 Å². The molecular formula is C16H23ClN2O. The first-order chi connectivity index (χ1) is 9.38. The maximum atomic E-state index is 12.2. The van der Waals surface area contributed by atoms with Gasteiger partial charge in [0.1, 0.15) is 0 Å². The van der Waals surface area contributed by atoms with Gasteiger partial charge < -0.3 is 10.2 Å². The minimum Gasteiger partial charge on any atom is -0.347 e. The van der Waals surface area contributed by atoms with Crippen LogP contribution in [-0.2, 0) is 10.3 Å². The molecule has 1 amide bonds. The molecule has 0 radical (unpaired) electrons. The fourth-order valence-corrected chi connectivity index (χ4v) is 2.92. The number of halogens is 1. The third-order valence-electron chi connectivity index (χ3n) is 4.11. The van der Waals surface area contributed by atoms with Gasteiger partial charge in [0.2, 0.25) is 5.91 Å². The summed E-state index contributed by atoms with van der Waals surface area (Å²) in [6, 6.07) is 8.02. The SMILES string of the molecule is CN1CCCC1CC(=O)NC(C)(C)c1ccc(Cl)cc1. The standard InChI is InChI=1S/C16H23ClN2O/c1-16(2,12-6-8-13(17)9-7-12)18-15(20)11-14-5-4-10-19(14)3/h6-9,14H,4-5,10-11H2,1-3H3,(H,18,20). The minimum absolute atomic E-state index is 0.115. The van der Waals surface area contributed by atoms with Crippen LogP contribution in [-0.4, -0.2) is 30.4 Å². The Morgan fingerprint density at radius 3 is 2.60 bits per heavy atom. The van der Waals surface area contributed by atoms with Crippen LogP contribution in [0.15, 0.2) is 24.3 Å². The molecule has 1 N–H and O–H groups in total. The molecule has 0 aromatic heterocycles. The van der Waals surface area contributed by atoms with Crippen LogP contribution in [0.3, 0.4) is 0 Å². The van der Waals surface area contributed by atoms with Crippen molar-refractivity contribution in [3.05, 3.63) is 34.9 Å². The monoisotopic (exact) mass is 294 g/mol. The summed E-state index contributed by atoms with van der Waals surface area (Å²) in [5, 5.41) is 3.84. The Kier molecular flexibility index (Phi) is 4.71. The zero-order valence-electron chi connectivity index (χ0n) is 12.4. The zero-order valence-corrected chi connectivity index (χ0v) is 13.2. The van der Waals surface area contributed by atoms with Gasteiger partial charge in [0, 0.05) is 17.5 Å². The van der Waals surface area contributed by atoms with E-state index in [1.165, 1.54) is 6.42 Å². The average Bonchev–Trinajstić information content (AvgIpc) is 2.74. The highest BCUT2D eigenvalue weighted by atomic mass is 35.5. The Morgan fingerprint density at radius 1 is 1.40 bits per heavy atom. The van der Waals surface area contributed by atoms with Gasteiger partial charge in [-0.1, -0.05) is 23.7 Å². The molecule has 1 atom stereocenters. The van der Waals surface area contributed by atoms with Gasteiger partial charge >= 0.3 is 0 Å². The van der Waals surface area contributed by atoms with Crippen LogP contribution in [0.5, 0.6) is 0 Å². The predicted molar refractivity (Wildman–Crippen MR) is 82.9 cm³/mol. The van der Waals surface area contributed by atoms with E-state index in [4.69, 9.17) is 11.6 Å². The van der Waals surface area contributed by atoms with Gasteiger partial charge in [-0.2, -0.15) is 0 Å². The van der Waals surface area contributed by atoms with Gasteiger partial charge in [-0.15, -0.1) is 0 Å². The molecule has 1 saturated heterocycles. The van der Waals surface area contributed by atoms with Crippen LogP contribution in [0.4, 0.5) is 0 Å². The number of carbonyl (C=O) groups excluding carboxylic acids is 1. The summed E-state index contributed by atoms with van der Waals surface area (Å²) in [4.78, 5) is 14.5. The first-order valence-electron chi connectivity index (χ1n) is 7.16. The predicted octanol–water partition coefficient (Wildman–Crippen LogP) is 3.18. The molecule has 1 aromatic rings. The summed E-state index contributed by atoms with van der Waals surface area (Å²) in [7, 11) is 2.09. The first kappa shape index (κ1) is 15.3. The van der Waals surface area contributed by atoms with Crippen molar-refractivity contribution in [2.24, 2.45) is 0 Å². The maximum absolute atomic E-state index is 12.2. The molecule has 1 aromatic carbocycles. The van der Waals surface area contributed by atoms with E-state index in [-0.39, 0.29) is 11.4 Å². The minimum atomic E-state index is -0.376. The molecule has 110 valence electrons. The Hall–Kier alpha value is -1.06. The van der Waals surface area contributed by atoms with Gasteiger partial charge in [-0.25, -0.2) is 0 Å². The van der Waals surface area contributed by atoms with E-state index < -0.39 is 0 Å². The van der Waals surface area contributed by atoms with E-state index in [2.05, 4.69) is 17.3 Å². The summed E-state index contributed by atoms with van der Waals surface area (Å²) in [6.07, 6.45) is 2.88. The second-order valence-electron chi connectivity index (χ2n) is 6.16. The smallest absolute Gasteiger partial charge is 0.222 e. The highest BCUT2D eigenvalue weighted by Gasteiger charge is 2.27. The van der Waals surface area contributed by atoms with Crippen molar-refractivity contribution in [2.45, 2.75) is 44.7 Å². The van der Waals surface area contributed by atoms with Gasteiger partial charge in [0.25, 0.3) is 0 Å². The summed E-state index contributed by atoms with van der Waals surface area (Å²) < 4.78 is 0. The number of carbonyl (C=O) groups is 1. The molecule has 0 spiro atoms. The molecular weight excluding hydrogens is 272 g/mol. The summed E-state index contributed by atoms with van der Waals surface area (Å²) in [5.74, 6) is 0.115. The molecule has 2 rings (SSSR count). The third-order valence-corrected chi connectivity index (χ3v) is 4.36. The number of nitrogens with one attached hydrogen (secondary N) is 1. The number of amides is 1. The Morgan fingerprint density at radius 2 is 2.05 bits per heavy atom. The number of benzene rings is 1. The molecule has 0 bridgehead atoms. The van der Waals surface area contributed by atoms with E-state index in [0.717, 1.165) is 18.5 Å². The second kappa shape index (κ2) is 6.15. The van der Waals surface area contributed by atoms with Gasteiger partial charge in [-0.05, 0) is 58.0 Å². The van der Waals surface area contributed by atoms with Crippen molar-refractivity contribution in [3.8, 4) is 0 Å². The second-order valence-corrected chi connectivity index (χ2v) is 6.60. The van der Waals surface area contributed by atoms with Crippen LogP contribution >= 0.6 is 11.6 Å². The summed E-state index contributed by atoms with van der Waals surface area (Å²) in [5.41, 5.74) is 0.689. The molecule has 4 heteroatoms. The van der Waals surface area contributed by atoms with Crippen LogP contribution in [0.1, 0.15) is 38.7 Å². The molecule has 0 saturated carbocycles. The normalized spacial score (nSPS) is 20.1. The number of hydrogen-bond acceptors (Lipinski definition) is 2. The molecule has 1 aliphatic heterocycles. The van der Waals surface area contributed by atoms with Crippen molar-refractivity contribution < 1.29 is 4.79 Å². The third kappa shape index (κ3) is 3.74. The molecule has 1 fully saturated rings. The summed E-state index contributed by atoms with van der Waals surface area (Å²) >= 11 is 5.90. The lowest BCUT2D eigenvalue weighted by Gasteiger charge is -2.28. The molecule has 1 aliphatic rings. The van der Waals surface area contributed by atoms with E-state index in [1.54, 1.807) is 0 Å². The Bertz CT molecular complexity index is 470. The number of hydrogen-bond donors (Lipinski definition) is 1. The number of nitrogens with zero attached hydrogens (tertiary/aromatic N) is 1. The van der Waals surface area contributed by atoms with Gasteiger partial charge in [0.05, 0.1) is 5.54 Å². The van der Waals surface area contributed by atoms with Gasteiger partial charge in [0.15, 0.2) is 0 Å². The molecule has 3 nitrogen and oxygen atoms in total. The number of rotatable bonds is 4. The van der Waals surface area contributed by atoms with E-state index in [9.17, 15) is 4.79 Å². The van der Waals surface area contributed by atoms with Crippen molar-refractivity contribution in [1.29, 1.82) is 0 Å². The summed E-state index contributed by atoms with van der Waals surface area (Å²) in [6.45, 7) is 5.14. The fraction of sp³-hybridized carbons (Fsp3) is 0.562. The fourth-order valence-electron chi connectivity index (χ4n) is 2.79. The lowest BCUT2D eigenvalue weighted by atomic mass is 9.94. The van der Waals surface area contributed by atoms with Crippen LogP contribution in [0.2, 0.25) is 5.02 Å². The van der Waals surface area contributed by atoms with Crippen molar-refractivity contribution in [1.82, 2.24) is 10.2 Å². The quantitative estimate of drug-likeness (QED) is 0.925. The van der Waals surface area contributed by atoms with Crippen LogP contribution < -0.4 is 5.32 Å². The average molecular weight is 295 g/mol. The first-order valence-corrected chi connectivity index (χ1v) is 7.53. The Labute approximate surface area is 126 Å². The van der Waals surface area contributed by atoms with Gasteiger partial charge in [-0.3, -0.25) is 4.79 Å². The molecule has 0 aliphatic carbocycles. The number of likely N-dealkylation sites (tertiary alicyclic amines) is 1. The van der Waals surface area contributed by atoms with Crippen molar-refractivity contribution >= 4 is 17.5 Å². The maximum Gasteiger partial charge on any atom is 0.222 e. The van der Waals surface area contributed by atoms with E-state index in [0.29, 0.717) is 17.5 Å². The Balaban J connectivity index is 1.96. The van der Waals surface area contributed by atoms with E-state index in [1.807, 2.05) is 38.1 Å². The van der Waals surface area contributed by atoms with Crippen molar-refractivity contribution in [3.63, 3.8) is 0 Å². The lowest BCUT2D eigenvalue weighted by molar-refractivity contribution is -0.123. The highest BCUT2D eigenvalue weighted by molar-refractivity contribution is 6.30. The van der Waals surface area contributed by atoms with E-state index >= 15 is 0 Å². The molecule has 1 heterocycles. The van der Waals surface area contributed by atoms with Crippen LogP contribution in [0, 0.1) is 0 Å². The molecule has 1 unspecified atom stereocenters.